The quantitative estimate of drug-likeness (QED) is 0.653. The molecular weight excluding hydrogens is 168 g/mol. The van der Waals surface area contributed by atoms with Crippen molar-refractivity contribution in [2.24, 2.45) is 5.41 Å². The Morgan fingerprint density at radius 1 is 1.58 bits per heavy atom. The summed E-state index contributed by atoms with van der Waals surface area (Å²) >= 11 is 1.76. The molecule has 0 N–H and O–H groups in total. The first-order valence-electron chi connectivity index (χ1n) is 4.33. The second-order valence-electron chi connectivity index (χ2n) is 3.59. The molecule has 0 bridgehead atoms. The van der Waals surface area contributed by atoms with E-state index >= 15 is 0 Å². The van der Waals surface area contributed by atoms with Crippen molar-refractivity contribution in [3.05, 3.63) is 22.4 Å². The fourth-order valence-corrected chi connectivity index (χ4v) is 2.59. The molecule has 1 nitrogen and oxygen atoms in total. The molecule has 0 aliphatic heterocycles. The average Bonchev–Trinajstić information content (AvgIpc) is 2.49. The van der Waals surface area contributed by atoms with Crippen molar-refractivity contribution in [2.75, 3.05) is 0 Å². The van der Waals surface area contributed by atoms with Gasteiger partial charge in [0.1, 0.15) is 6.29 Å². The van der Waals surface area contributed by atoms with Crippen LogP contribution in [0.2, 0.25) is 0 Å². The highest BCUT2D eigenvalue weighted by atomic mass is 32.1. The zero-order chi connectivity index (χ0) is 8.44. The molecule has 1 aliphatic rings. The molecule has 1 aliphatic carbocycles. The summed E-state index contributed by atoms with van der Waals surface area (Å²) in [6, 6.07) is 4.17. The van der Waals surface area contributed by atoms with E-state index in [0.29, 0.717) is 0 Å². The minimum absolute atomic E-state index is 0.0187. The van der Waals surface area contributed by atoms with Crippen molar-refractivity contribution in [3.8, 4) is 0 Å². The Hall–Kier alpha value is -0.630. The van der Waals surface area contributed by atoms with Gasteiger partial charge < -0.3 is 4.79 Å². The maximum atomic E-state index is 10.8. The zero-order valence-corrected chi connectivity index (χ0v) is 7.77. The topological polar surface area (TPSA) is 17.1 Å². The highest BCUT2D eigenvalue weighted by Crippen LogP contribution is 2.42. The second-order valence-corrected chi connectivity index (χ2v) is 4.62. The third-order valence-electron chi connectivity index (χ3n) is 2.71. The van der Waals surface area contributed by atoms with E-state index in [1.54, 1.807) is 11.3 Å². The Morgan fingerprint density at radius 2 is 2.42 bits per heavy atom. The summed E-state index contributed by atoms with van der Waals surface area (Å²) in [7, 11) is 0. The minimum Gasteiger partial charge on any atom is -0.303 e. The van der Waals surface area contributed by atoms with Crippen LogP contribution in [-0.4, -0.2) is 6.29 Å². The lowest BCUT2D eigenvalue weighted by Crippen LogP contribution is -2.32. The van der Waals surface area contributed by atoms with Gasteiger partial charge in [0.2, 0.25) is 0 Å². The lowest BCUT2D eigenvalue weighted by molar-refractivity contribution is -0.120. The third-order valence-corrected chi connectivity index (χ3v) is 3.58. The van der Waals surface area contributed by atoms with Crippen LogP contribution in [0.5, 0.6) is 0 Å². The number of aldehydes is 1. The van der Waals surface area contributed by atoms with E-state index in [1.165, 1.54) is 11.3 Å². The summed E-state index contributed by atoms with van der Waals surface area (Å²) < 4.78 is 0. The highest BCUT2D eigenvalue weighted by Gasteiger charge is 2.36. The molecule has 1 saturated carbocycles. The molecule has 1 aromatic heterocycles. The maximum absolute atomic E-state index is 10.8. The summed E-state index contributed by atoms with van der Waals surface area (Å²) in [4.78, 5) is 12.2. The fraction of sp³-hybridized carbons (Fsp3) is 0.500. The molecule has 0 amide bonds. The molecule has 2 heteroatoms. The first-order valence-corrected chi connectivity index (χ1v) is 5.21. The van der Waals surface area contributed by atoms with E-state index in [4.69, 9.17) is 0 Å². The molecule has 64 valence electrons. The van der Waals surface area contributed by atoms with Crippen molar-refractivity contribution >= 4 is 17.6 Å². The first-order chi connectivity index (χ1) is 5.85. The SMILES string of the molecule is O=CC1(Cc2cccs2)CCC1. The van der Waals surface area contributed by atoms with Crippen molar-refractivity contribution in [1.82, 2.24) is 0 Å². The molecule has 12 heavy (non-hydrogen) atoms. The van der Waals surface area contributed by atoms with Crippen molar-refractivity contribution in [1.29, 1.82) is 0 Å². The summed E-state index contributed by atoms with van der Waals surface area (Å²) in [6.07, 6.45) is 5.54. The van der Waals surface area contributed by atoms with Gasteiger partial charge in [0, 0.05) is 10.3 Å². The number of carbonyl (C=O) groups is 1. The van der Waals surface area contributed by atoms with E-state index in [0.717, 1.165) is 25.5 Å². The van der Waals surface area contributed by atoms with Crippen molar-refractivity contribution in [2.45, 2.75) is 25.7 Å². The molecule has 1 aromatic rings. The fourth-order valence-electron chi connectivity index (χ4n) is 1.73. The molecule has 0 spiro atoms. The first kappa shape index (κ1) is 7.99. The van der Waals surface area contributed by atoms with E-state index in [2.05, 4.69) is 17.5 Å². The number of hydrogen-bond donors (Lipinski definition) is 0. The van der Waals surface area contributed by atoms with E-state index < -0.39 is 0 Å². The Bertz CT molecular complexity index is 259. The van der Waals surface area contributed by atoms with Gasteiger partial charge in [0.05, 0.1) is 0 Å². The Kier molecular flexibility index (Phi) is 2.01. The van der Waals surface area contributed by atoms with Gasteiger partial charge in [-0.3, -0.25) is 0 Å². The Morgan fingerprint density at radius 3 is 2.83 bits per heavy atom. The average molecular weight is 180 g/mol. The molecule has 1 fully saturated rings. The Labute approximate surface area is 76.4 Å². The largest absolute Gasteiger partial charge is 0.303 e. The summed E-state index contributed by atoms with van der Waals surface area (Å²) in [5, 5.41) is 2.08. The van der Waals surface area contributed by atoms with E-state index in [9.17, 15) is 4.79 Å². The van der Waals surface area contributed by atoms with E-state index in [1.807, 2.05) is 0 Å². The van der Waals surface area contributed by atoms with Gasteiger partial charge in [-0.25, -0.2) is 0 Å². The monoisotopic (exact) mass is 180 g/mol. The predicted molar refractivity (Wildman–Crippen MR) is 50.4 cm³/mol. The van der Waals surface area contributed by atoms with Crippen molar-refractivity contribution < 1.29 is 4.79 Å². The molecule has 0 saturated heterocycles. The lowest BCUT2D eigenvalue weighted by Gasteiger charge is -2.36. The number of hydrogen-bond acceptors (Lipinski definition) is 2. The van der Waals surface area contributed by atoms with Crippen LogP contribution in [0.3, 0.4) is 0 Å². The normalized spacial score (nSPS) is 20.0. The Balaban J connectivity index is 2.06. The zero-order valence-electron chi connectivity index (χ0n) is 6.95. The minimum atomic E-state index is 0.0187. The molecular formula is C10H12OS. The summed E-state index contributed by atoms with van der Waals surface area (Å²) in [5.41, 5.74) is 0.0187. The predicted octanol–water partition coefficient (Wildman–Crippen LogP) is 2.66. The van der Waals surface area contributed by atoms with Crippen LogP contribution in [0.4, 0.5) is 0 Å². The highest BCUT2D eigenvalue weighted by molar-refractivity contribution is 7.09. The number of rotatable bonds is 3. The van der Waals surface area contributed by atoms with Gasteiger partial charge in [0.15, 0.2) is 0 Å². The van der Waals surface area contributed by atoms with Crippen LogP contribution in [0.1, 0.15) is 24.1 Å². The van der Waals surface area contributed by atoms with Gasteiger partial charge in [-0.1, -0.05) is 12.5 Å². The van der Waals surface area contributed by atoms with Gasteiger partial charge in [-0.2, -0.15) is 0 Å². The van der Waals surface area contributed by atoms with Gasteiger partial charge in [-0.15, -0.1) is 11.3 Å². The van der Waals surface area contributed by atoms with Crippen LogP contribution in [-0.2, 0) is 11.2 Å². The molecule has 1 heterocycles. The molecule has 0 unspecified atom stereocenters. The lowest BCUT2D eigenvalue weighted by atomic mass is 9.67. The smallest absolute Gasteiger partial charge is 0.126 e. The standard InChI is InChI=1S/C10H12OS/c11-8-10(4-2-5-10)7-9-3-1-6-12-9/h1,3,6,8H,2,4-5,7H2. The van der Waals surface area contributed by atoms with Crippen molar-refractivity contribution in [3.63, 3.8) is 0 Å². The molecule has 0 radical (unpaired) electrons. The third kappa shape index (κ3) is 1.31. The van der Waals surface area contributed by atoms with Crippen LogP contribution >= 0.6 is 11.3 Å². The van der Waals surface area contributed by atoms with Crippen LogP contribution in [0.15, 0.2) is 17.5 Å². The van der Waals surface area contributed by atoms with E-state index in [-0.39, 0.29) is 5.41 Å². The molecule has 2 rings (SSSR count). The maximum Gasteiger partial charge on any atom is 0.126 e. The van der Waals surface area contributed by atoms with Crippen LogP contribution < -0.4 is 0 Å². The van der Waals surface area contributed by atoms with Gasteiger partial charge in [0.25, 0.3) is 0 Å². The summed E-state index contributed by atoms with van der Waals surface area (Å²) in [5.74, 6) is 0. The van der Waals surface area contributed by atoms with Gasteiger partial charge in [-0.05, 0) is 30.7 Å². The van der Waals surface area contributed by atoms with Crippen LogP contribution in [0.25, 0.3) is 0 Å². The summed E-state index contributed by atoms with van der Waals surface area (Å²) in [6.45, 7) is 0. The number of thiophene rings is 1. The molecule has 0 aromatic carbocycles. The van der Waals surface area contributed by atoms with Crippen LogP contribution in [0, 0.1) is 5.41 Å². The number of carbonyl (C=O) groups excluding carboxylic acids is 1. The van der Waals surface area contributed by atoms with Gasteiger partial charge >= 0.3 is 0 Å². The molecule has 0 atom stereocenters. The second kappa shape index (κ2) is 3.02.